The number of ketones is 1. The minimum atomic E-state index is -1.63. The van der Waals surface area contributed by atoms with E-state index in [2.05, 4.69) is 19.7 Å². The highest BCUT2D eigenvalue weighted by molar-refractivity contribution is 6.05. The second-order valence-electron chi connectivity index (χ2n) is 10.4. The Morgan fingerprint density at radius 2 is 1.00 bits per heavy atom. The lowest BCUT2D eigenvalue weighted by molar-refractivity contribution is 0.0482. The number of aliphatic hydroxyl groups is 1. The van der Waals surface area contributed by atoms with Crippen LogP contribution in [0.15, 0.2) is 105 Å². The van der Waals surface area contributed by atoms with Crippen LogP contribution in [0, 0.1) is 0 Å². The Kier molecular flexibility index (Phi) is 9.79. The van der Waals surface area contributed by atoms with Gasteiger partial charge in [-0.2, -0.15) is 0 Å². The summed E-state index contributed by atoms with van der Waals surface area (Å²) in [5, 5.41) is 10.6. The summed E-state index contributed by atoms with van der Waals surface area (Å²) in [4.78, 5) is 13.4. The number of Topliss-reactive ketones (excluding diaryl/α,β-unsaturated/α-hetero) is 1. The van der Waals surface area contributed by atoms with Gasteiger partial charge in [-0.25, -0.2) is 0 Å². The third kappa shape index (κ3) is 7.65. The van der Waals surface area contributed by atoms with E-state index in [0.717, 1.165) is 33.4 Å². The number of hydrogen-bond acceptors (Lipinski definition) is 5. The number of ether oxygens (including phenoxy) is 3. The lowest BCUT2D eigenvalue weighted by Crippen LogP contribution is -2.31. The molecule has 4 rings (SSSR count). The Morgan fingerprint density at radius 3 is 1.38 bits per heavy atom. The molecule has 5 nitrogen and oxygen atoms in total. The van der Waals surface area contributed by atoms with Crippen LogP contribution in [-0.4, -0.2) is 16.5 Å². The zero-order valence-electron chi connectivity index (χ0n) is 24.1. The molecule has 0 fully saturated rings. The molecule has 4 aromatic rings. The van der Waals surface area contributed by atoms with Crippen molar-refractivity contribution in [2.45, 2.75) is 39.3 Å². The smallest absolute Gasteiger partial charge is 0.204 e. The molecule has 214 valence electrons. The fourth-order valence-electron chi connectivity index (χ4n) is 4.17. The predicted molar refractivity (Wildman–Crippen MR) is 170 cm³/mol. The number of carbonyl (C=O) groups excluding carboxylic acids is 1. The van der Waals surface area contributed by atoms with Crippen molar-refractivity contribution in [2.24, 2.45) is 0 Å². The van der Waals surface area contributed by atoms with Gasteiger partial charge in [0.05, 0.1) is 5.56 Å². The summed E-state index contributed by atoms with van der Waals surface area (Å²) in [6, 6.07) is 26.7. The third-order valence-electron chi connectivity index (χ3n) is 6.68. The molecule has 0 spiro atoms. The van der Waals surface area contributed by atoms with Crippen LogP contribution in [-0.2, 0) is 19.8 Å². The zero-order chi connectivity index (χ0) is 30.1. The molecular formula is C37H36O5. The predicted octanol–water partition coefficient (Wildman–Crippen LogP) is 8.31. The molecule has 0 saturated heterocycles. The fraction of sp³-hybridized carbons (Fsp3) is 0.162. The van der Waals surface area contributed by atoms with Gasteiger partial charge in [0.25, 0.3) is 0 Å². The van der Waals surface area contributed by atoms with Crippen molar-refractivity contribution in [1.82, 2.24) is 0 Å². The van der Waals surface area contributed by atoms with E-state index in [1.165, 1.54) is 13.8 Å². The fourth-order valence-corrected chi connectivity index (χ4v) is 4.17. The monoisotopic (exact) mass is 560 g/mol. The third-order valence-corrected chi connectivity index (χ3v) is 6.68. The van der Waals surface area contributed by atoms with E-state index in [4.69, 9.17) is 14.2 Å². The number of carbonyl (C=O) groups is 1. The number of benzene rings is 4. The van der Waals surface area contributed by atoms with Crippen LogP contribution in [0.4, 0.5) is 0 Å². The zero-order valence-corrected chi connectivity index (χ0v) is 24.1. The van der Waals surface area contributed by atoms with Gasteiger partial charge in [-0.05, 0) is 59.4 Å². The molecule has 0 bridgehead atoms. The van der Waals surface area contributed by atoms with E-state index >= 15 is 0 Å². The molecule has 0 aliphatic carbocycles. The molecule has 0 unspecified atom stereocenters. The molecule has 42 heavy (non-hydrogen) atoms. The molecule has 0 aliphatic heterocycles. The highest BCUT2D eigenvalue weighted by atomic mass is 16.5. The Balaban J connectivity index is 1.73. The first kappa shape index (κ1) is 30.1. The highest BCUT2D eigenvalue weighted by Crippen LogP contribution is 2.43. The number of rotatable bonds is 14. The van der Waals surface area contributed by atoms with E-state index in [1.807, 2.05) is 72.8 Å². The maximum absolute atomic E-state index is 13.4. The van der Waals surface area contributed by atoms with Crippen LogP contribution in [0.2, 0.25) is 0 Å². The Bertz CT molecular complexity index is 1540. The van der Waals surface area contributed by atoms with Gasteiger partial charge in [0.15, 0.2) is 17.3 Å². The van der Waals surface area contributed by atoms with Crippen molar-refractivity contribution in [3.05, 3.63) is 144 Å². The molecule has 0 saturated carbocycles. The van der Waals surface area contributed by atoms with Gasteiger partial charge >= 0.3 is 0 Å². The minimum absolute atomic E-state index is 0.167. The van der Waals surface area contributed by atoms with E-state index in [1.54, 1.807) is 30.4 Å². The molecular weight excluding hydrogens is 524 g/mol. The summed E-state index contributed by atoms with van der Waals surface area (Å²) in [6.45, 7) is 14.9. The molecule has 0 radical (unpaired) electrons. The van der Waals surface area contributed by atoms with Crippen LogP contribution in [0.3, 0.4) is 0 Å². The molecule has 0 heterocycles. The van der Waals surface area contributed by atoms with E-state index in [-0.39, 0.29) is 36.9 Å². The summed E-state index contributed by atoms with van der Waals surface area (Å²) < 4.78 is 18.9. The van der Waals surface area contributed by atoms with Gasteiger partial charge in [0.1, 0.15) is 25.4 Å². The van der Waals surface area contributed by atoms with E-state index in [9.17, 15) is 9.90 Å². The topological polar surface area (TPSA) is 65.0 Å². The second-order valence-corrected chi connectivity index (χ2v) is 10.4. The first-order chi connectivity index (χ1) is 20.2. The maximum Gasteiger partial charge on any atom is 0.204 e. The van der Waals surface area contributed by atoms with Crippen LogP contribution in [0.1, 0.15) is 57.6 Å². The average molecular weight is 561 g/mol. The Morgan fingerprint density at radius 1 is 0.619 bits per heavy atom. The van der Waals surface area contributed by atoms with Crippen molar-refractivity contribution in [2.75, 3.05) is 0 Å². The van der Waals surface area contributed by atoms with Gasteiger partial charge in [0.2, 0.25) is 5.75 Å². The van der Waals surface area contributed by atoms with Crippen LogP contribution < -0.4 is 14.2 Å². The largest absolute Gasteiger partial charge is 0.485 e. The van der Waals surface area contributed by atoms with Crippen LogP contribution in [0.5, 0.6) is 17.2 Å². The maximum atomic E-state index is 13.4. The average Bonchev–Trinajstić information content (AvgIpc) is 3.01. The first-order valence-corrected chi connectivity index (χ1v) is 13.7. The summed E-state index contributed by atoms with van der Waals surface area (Å²) in [7, 11) is 0. The Hall–Kier alpha value is -4.87. The number of hydrogen-bond donors (Lipinski definition) is 1. The molecule has 0 aromatic heterocycles. The van der Waals surface area contributed by atoms with Crippen molar-refractivity contribution in [3.8, 4) is 17.2 Å². The second kappa shape index (κ2) is 13.7. The standard InChI is InChI=1S/C37H36O5/c1-6-26-9-15-29(16-10-26)23-40-33-22-21-32(36(38)37(4,5)39)34(41-24-30-17-11-27(7-2)12-18-30)35(33)42-25-31-19-13-28(8-3)14-20-31/h6-22,39H,1-3,23-25H2,4-5H3. The molecule has 1 N–H and O–H groups in total. The lowest BCUT2D eigenvalue weighted by Gasteiger charge is -2.22. The molecule has 4 aromatic carbocycles. The normalized spacial score (nSPS) is 10.9. The van der Waals surface area contributed by atoms with Gasteiger partial charge in [-0.1, -0.05) is 111 Å². The SMILES string of the molecule is C=Cc1ccc(COc2ccc(C(=O)C(C)(C)O)c(OCc3ccc(C=C)cc3)c2OCc2ccc(C=C)cc2)cc1. The Labute approximate surface area is 248 Å². The van der Waals surface area contributed by atoms with Crippen molar-refractivity contribution in [1.29, 1.82) is 0 Å². The summed E-state index contributed by atoms with van der Waals surface area (Å²) in [6.07, 6.45) is 5.33. The van der Waals surface area contributed by atoms with E-state index in [0.29, 0.717) is 5.75 Å². The van der Waals surface area contributed by atoms with Gasteiger partial charge < -0.3 is 19.3 Å². The molecule has 5 heteroatoms. The van der Waals surface area contributed by atoms with Gasteiger partial charge in [0, 0.05) is 0 Å². The molecule has 0 aliphatic rings. The van der Waals surface area contributed by atoms with Crippen molar-refractivity contribution in [3.63, 3.8) is 0 Å². The van der Waals surface area contributed by atoms with Gasteiger partial charge in [-0.15, -0.1) is 0 Å². The highest BCUT2D eigenvalue weighted by Gasteiger charge is 2.31. The first-order valence-electron chi connectivity index (χ1n) is 13.7. The van der Waals surface area contributed by atoms with E-state index < -0.39 is 11.4 Å². The lowest BCUT2D eigenvalue weighted by atomic mass is 9.95. The van der Waals surface area contributed by atoms with Gasteiger partial charge in [-0.3, -0.25) is 4.79 Å². The van der Waals surface area contributed by atoms with Crippen molar-refractivity contribution >= 4 is 24.0 Å². The van der Waals surface area contributed by atoms with Crippen LogP contribution >= 0.6 is 0 Å². The summed E-state index contributed by atoms with van der Waals surface area (Å²) >= 11 is 0. The summed E-state index contributed by atoms with van der Waals surface area (Å²) in [5.74, 6) is 0.404. The van der Waals surface area contributed by atoms with Crippen molar-refractivity contribution < 1.29 is 24.1 Å². The molecule has 0 amide bonds. The summed E-state index contributed by atoms with van der Waals surface area (Å²) in [5.41, 5.74) is 4.32. The minimum Gasteiger partial charge on any atom is -0.485 e. The quantitative estimate of drug-likeness (QED) is 0.157. The van der Waals surface area contributed by atoms with Crippen LogP contribution in [0.25, 0.3) is 18.2 Å². The molecule has 0 atom stereocenters.